The summed E-state index contributed by atoms with van der Waals surface area (Å²) in [7, 11) is 0. The number of rotatable bonds is 6. The number of hydrogen-bond acceptors (Lipinski definition) is 4. The van der Waals surface area contributed by atoms with Gasteiger partial charge in [0.15, 0.2) is 0 Å². The van der Waals surface area contributed by atoms with Gasteiger partial charge < -0.3 is 10.1 Å². The van der Waals surface area contributed by atoms with Crippen molar-refractivity contribution in [1.82, 2.24) is 14.7 Å². The van der Waals surface area contributed by atoms with Crippen LogP contribution in [0, 0.1) is 13.8 Å². The van der Waals surface area contributed by atoms with Gasteiger partial charge >= 0.3 is 0 Å². The van der Waals surface area contributed by atoms with Crippen LogP contribution in [0.1, 0.15) is 36.3 Å². The Kier molecular flexibility index (Phi) is 6.52. The first-order valence-corrected chi connectivity index (χ1v) is 9.78. The van der Waals surface area contributed by atoms with Crippen LogP contribution in [0.25, 0.3) is 0 Å². The summed E-state index contributed by atoms with van der Waals surface area (Å²) in [5.74, 6) is -0.0803. The van der Waals surface area contributed by atoms with E-state index in [-0.39, 0.29) is 11.9 Å². The van der Waals surface area contributed by atoms with Crippen LogP contribution in [0.5, 0.6) is 0 Å². The number of benzene rings is 1. The van der Waals surface area contributed by atoms with Gasteiger partial charge in [-0.1, -0.05) is 30.7 Å². The van der Waals surface area contributed by atoms with Gasteiger partial charge in [-0.3, -0.25) is 14.4 Å². The molecule has 7 heteroatoms. The van der Waals surface area contributed by atoms with Crippen molar-refractivity contribution in [2.45, 2.75) is 39.8 Å². The molecule has 1 N–H and O–H groups in total. The van der Waals surface area contributed by atoms with E-state index in [9.17, 15) is 4.79 Å². The minimum Gasteiger partial charge on any atom is -0.379 e. The fourth-order valence-electron chi connectivity index (χ4n) is 3.41. The van der Waals surface area contributed by atoms with E-state index < -0.39 is 0 Å². The van der Waals surface area contributed by atoms with Crippen LogP contribution in [-0.4, -0.2) is 46.9 Å². The van der Waals surface area contributed by atoms with Crippen molar-refractivity contribution in [3.05, 3.63) is 46.2 Å². The van der Waals surface area contributed by atoms with Crippen LogP contribution in [-0.2, 0) is 16.1 Å². The molecule has 0 radical (unpaired) electrons. The van der Waals surface area contributed by atoms with E-state index in [0.29, 0.717) is 11.4 Å². The SMILES string of the molecule is CCC(C(=O)Nc1cccc(CN2CCOCC2)c1)n1nc(C)c(Cl)c1C. The van der Waals surface area contributed by atoms with Crippen LogP contribution in [0.4, 0.5) is 5.69 Å². The Morgan fingerprint density at radius 2 is 2.07 bits per heavy atom. The minimum absolute atomic E-state index is 0.0803. The van der Waals surface area contributed by atoms with Crippen LogP contribution >= 0.6 is 11.6 Å². The lowest BCUT2D eigenvalue weighted by atomic mass is 10.1. The molecule has 0 spiro atoms. The topological polar surface area (TPSA) is 59.4 Å². The molecule has 0 saturated carbocycles. The standard InChI is InChI=1S/C20H27ClN4O2/c1-4-18(25-15(3)19(21)14(2)23-25)20(26)22-17-7-5-6-16(12-17)13-24-8-10-27-11-9-24/h5-7,12,18H,4,8-11,13H2,1-3H3,(H,22,26). The molecule has 27 heavy (non-hydrogen) atoms. The predicted octanol–water partition coefficient (Wildman–Crippen LogP) is 3.58. The third-order valence-electron chi connectivity index (χ3n) is 4.93. The number of halogens is 1. The molecule has 3 rings (SSSR count). The Labute approximate surface area is 165 Å². The first-order chi connectivity index (χ1) is 13.0. The maximum absolute atomic E-state index is 12.9. The van der Waals surface area contributed by atoms with Gasteiger partial charge in [-0.15, -0.1) is 0 Å². The first-order valence-electron chi connectivity index (χ1n) is 9.40. The second-order valence-electron chi connectivity index (χ2n) is 6.93. The Morgan fingerprint density at radius 1 is 1.33 bits per heavy atom. The lowest BCUT2D eigenvalue weighted by Crippen LogP contribution is -2.35. The van der Waals surface area contributed by atoms with Crippen LogP contribution in [0.3, 0.4) is 0 Å². The number of amides is 1. The zero-order valence-corrected chi connectivity index (χ0v) is 16.9. The van der Waals surface area contributed by atoms with Gasteiger partial charge in [-0.2, -0.15) is 5.10 Å². The molecule has 1 unspecified atom stereocenters. The lowest BCUT2D eigenvalue weighted by Gasteiger charge is -2.26. The van der Waals surface area contributed by atoms with Crippen molar-refractivity contribution in [2.75, 3.05) is 31.6 Å². The average Bonchev–Trinajstić information content (AvgIpc) is 2.91. The molecule has 1 aromatic heterocycles. The van der Waals surface area contributed by atoms with Crippen molar-refractivity contribution in [3.63, 3.8) is 0 Å². The molecule has 1 aromatic carbocycles. The molecular formula is C20H27ClN4O2. The van der Waals surface area contributed by atoms with Crippen molar-refractivity contribution in [1.29, 1.82) is 0 Å². The number of nitrogens with one attached hydrogen (secondary N) is 1. The fraction of sp³-hybridized carbons (Fsp3) is 0.500. The number of carbonyl (C=O) groups is 1. The van der Waals surface area contributed by atoms with Crippen molar-refractivity contribution in [2.24, 2.45) is 0 Å². The van der Waals surface area contributed by atoms with Gasteiger partial charge in [0.25, 0.3) is 0 Å². The highest BCUT2D eigenvalue weighted by molar-refractivity contribution is 6.31. The average molecular weight is 391 g/mol. The molecule has 1 fully saturated rings. The molecule has 6 nitrogen and oxygen atoms in total. The normalized spacial score (nSPS) is 16.3. The van der Waals surface area contributed by atoms with E-state index >= 15 is 0 Å². The van der Waals surface area contributed by atoms with Gasteiger partial charge in [-0.25, -0.2) is 0 Å². The summed E-state index contributed by atoms with van der Waals surface area (Å²) in [6.07, 6.45) is 0.636. The van der Waals surface area contributed by atoms with E-state index in [2.05, 4.69) is 21.4 Å². The maximum Gasteiger partial charge on any atom is 0.249 e. The Balaban J connectivity index is 1.70. The molecule has 1 saturated heterocycles. The number of aromatic nitrogens is 2. The predicted molar refractivity (Wildman–Crippen MR) is 107 cm³/mol. The van der Waals surface area contributed by atoms with E-state index in [0.717, 1.165) is 49.9 Å². The number of ether oxygens (including phenoxy) is 1. The zero-order valence-electron chi connectivity index (χ0n) is 16.2. The van der Waals surface area contributed by atoms with Crippen LogP contribution in [0.2, 0.25) is 5.02 Å². The molecular weight excluding hydrogens is 364 g/mol. The quantitative estimate of drug-likeness (QED) is 0.819. The van der Waals surface area contributed by atoms with Gasteiger partial charge in [0.2, 0.25) is 5.91 Å². The summed E-state index contributed by atoms with van der Waals surface area (Å²) >= 11 is 6.25. The summed E-state index contributed by atoms with van der Waals surface area (Å²) in [6, 6.07) is 7.63. The largest absolute Gasteiger partial charge is 0.379 e. The molecule has 0 aliphatic carbocycles. The fourth-order valence-corrected chi connectivity index (χ4v) is 3.53. The number of anilines is 1. The van der Waals surface area contributed by atoms with Crippen molar-refractivity contribution in [3.8, 4) is 0 Å². The van der Waals surface area contributed by atoms with E-state index in [1.165, 1.54) is 5.56 Å². The summed E-state index contributed by atoms with van der Waals surface area (Å²) in [5, 5.41) is 8.10. The molecule has 2 aromatic rings. The summed E-state index contributed by atoms with van der Waals surface area (Å²) in [5.41, 5.74) is 3.54. The third kappa shape index (κ3) is 4.69. The van der Waals surface area contributed by atoms with E-state index in [4.69, 9.17) is 16.3 Å². The number of morpholine rings is 1. The summed E-state index contributed by atoms with van der Waals surface area (Å²) in [6.45, 7) is 10.0. The first kappa shape index (κ1) is 19.9. The number of hydrogen-bond donors (Lipinski definition) is 1. The second-order valence-corrected chi connectivity index (χ2v) is 7.31. The highest BCUT2D eigenvalue weighted by atomic mass is 35.5. The number of carbonyl (C=O) groups excluding carboxylic acids is 1. The van der Waals surface area contributed by atoms with Gasteiger partial charge in [-0.05, 0) is 38.0 Å². The second kappa shape index (κ2) is 8.87. The smallest absolute Gasteiger partial charge is 0.249 e. The Morgan fingerprint density at radius 3 is 2.70 bits per heavy atom. The van der Waals surface area contributed by atoms with Gasteiger partial charge in [0, 0.05) is 25.3 Å². The Hall–Kier alpha value is -1.89. The van der Waals surface area contributed by atoms with Gasteiger partial charge in [0.1, 0.15) is 6.04 Å². The highest BCUT2D eigenvalue weighted by Gasteiger charge is 2.23. The Bertz CT molecular complexity index is 799. The minimum atomic E-state index is -0.390. The van der Waals surface area contributed by atoms with E-state index in [1.54, 1.807) is 4.68 Å². The summed E-state index contributed by atoms with van der Waals surface area (Å²) < 4.78 is 7.12. The molecule has 0 bridgehead atoms. The van der Waals surface area contributed by atoms with Crippen LogP contribution < -0.4 is 5.32 Å². The molecule has 146 valence electrons. The highest BCUT2D eigenvalue weighted by Crippen LogP contribution is 2.25. The number of nitrogens with zero attached hydrogens (tertiary/aromatic N) is 3. The van der Waals surface area contributed by atoms with Gasteiger partial charge in [0.05, 0.1) is 29.6 Å². The van der Waals surface area contributed by atoms with E-state index in [1.807, 2.05) is 39.0 Å². The van der Waals surface area contributed by atoms with Crippen molar-refractivity contribution >= 4 is 23.2 Å². The third-order valence-corrected chi connectivity index (χ3v) is 5.47. The molecule has 1 amide bonds. The lowest BCUT2D eigenvalue weighted by molar-refractivity contribution is -0.119. The maximum atomic E-state index is 12.9. The summed E-state index contributed by atoms with van der Waals surface area (Å²) in [4.78, 5) is 15.2. The number of aryl methyl sites for hydroxylation is 1. The van der Waals surface area contributed by atoms with Crippen LogP contribution in [0.15, 0.2) is 24.3 Å². The zero-order chi connectivity index (χ0) is 19.4. The monoisotopic (exact) mass is 390 g/mol. The van der Waals surface area contributed by atoms with Crippen molar-refractivity contribution < 1.29 is 9.53 Å². The molecule has 1 atom stereocenters. The molecule has 1 aliphatic rings. The molecule has 2 heterocycles. The molecule has 1 aliphatic heterocycles.